The first-order valence-electron chi connectivity index (χ1n) is 9.08. The predicted octanol–water partition coefficient (Wildman–Crippen LogP) is 1.15. The number of hydrogen-bond acceptors (Lipinski definition) is 4. The van der Waals surface area contributed by atoms with E-state index in [1.807, 2.05) is 4.90 Å². The number of carbonyl (C=O) groups is 1. The molecule has 3 aliphatic rings. The third-order valence-corrected chi connectivity index (χ3v) is 7.68. The molecule has 1 N–H and O–H groups in total. The van der Waals surface area contributed by atoms with E-state index in [4.69, 9.17) is 4.74 Å². The molecule has 0 aromatic rings. The minimum Gasteiger partial charge on any atom is -0.381 e. The van der Waals surface area contributed by atoms with E-state index in [9.17, 15) is 13.2 Å². The molecular weight excluding hydrogens is 330 g/mol. The van der Waals surface area contributed by atoms with E-state index in [1.54, 1.807) is 11.4 Å². The maximum atomic E-state index is 12.5. The first kappa shape index (κ1) is 17.9. The molecule has 0 aromatic carbocycles. The van der Waals surface area contributed by atoms with Gasteiger partial charge in [-0.05, 0) is 44.9 Å². The number of hydrogen-bond donors (Lipinski definition) is 1. The number of sulfonamides is 1. The van der Waals surface area contributed by atoms with Gasteiger partial charge in [0, 0.05) is 39.3 Å². The summed E-state index contributed by atoms with van der Waals surface area (Å²) in [6, 6.07) is -0.149. The molecule has 0 aromatic heterocycles. The number of rotatable bonds is 4. The highest BCUT2D eigenvalue weighted by Gasteiger charge is 2.41. The number of urea groups is 1. The molecule has 2 atom stereocenters. The molecule has 138 valence electrons. The Balaban J connectivity index is 1.52. The molecule has 7 nitrogen and oxygen atoms in total. The average Bonchev–Trinajstić information content (AvgIpc) is 3.41. The van der Waals surface area contributed by atoms with Crippen LogP contribution in [0.4, 0.5) is 4.79 Å². The average molecular weight is 359 g/mol. The lowest BCUT2D eigenvalue weighted by molar-refractivity contribution is 0.0905. The Morgan fingerprint density at radius 1 is 1.04 bits per heavy atom. The largest absolute Gasteiger partial charge is 0.381 e. The van der Waals surface area contributed by atoms with E-state index < -0.39 is 10.0 Å². The van der Waals surface area contributed by atoms with Gasteiger partial charge in [-0.3, -0.25) is 0 Å². The third kappa shape index (κ3) is 4.21. The topological polar surface area (TPSA) is 79.0 Å². The molecule has 24 heavy (non-hydrogen) atoms. The number of nitrogens with one attached hydrogen (secondary N) is 1. The second-order valence-electron chi connectivity index (χ2n) is 7.17. The summed E-state index contributed by atoms with van der Waals surface area (Å²) in [5, 5.41) is 2.87. The van der Waals surface area contributed by atoms with Gasteiger partial charge < -0.3 is 15.0 Å². The summed E-state index contributed by atoms with van der Waals surface area (Å²) in [6.07, 6.45) is 6.23. The Labute approximate surface area is 144 Å². The molecule has 2 amide bonds. The van der Waals surface area contributed by atoms with Crippen molar-refractivity contribution in [1.29, 1.82) is 0 Å². The lowest BCUT2D eigenvalue weighted by atomic mass is 10.1. The van der Waals surface area contributed by atoms with Crippen LogP contribution in [0.25, 0.3) is 0 Å². The Bertz CT molecular complexity index is 550. The maximum Gasteiger partial charge on any atom is 0.317 e. The number of ether oxygens (including phenoxy) is 1. The van der Waals surface area contributed by atoms with Crippen LogP contribution in [0.15, 0.2) is 0 Å². The van der Waals surface area contributed by atoms with E-state index in [-0.39, 0.29) is 23.4 Å². The van der Waals surface area contributed by atoms with Gasteiger partial charge in [0.2, 0.25) is 10.0 Å². The summed E-state index contributed by atoms with van der Waals surface area (Å²) in [5.74, 6) is 0. The highest BCUT2D eigenvalue weighted by molar-refractivity contribution is 7.90. The van der Waals surface area contributed by atoms with Gasteiger partial charge >= 0.3 is 6.03 Å². The summed E-state index contributed by atoms with van der Waals surface area (Å²) in [4.78, 5) is 14.4. The Kier molecular flexibility index (Phi) is 5.66. The molecule has 0 bridgehead atoms. The number of piperidine rings is 1. The first-order chi connectivity index (χ1) is 11.5. The molecule has 2 saturated heterocycles. The van der Waals surface area contributed by atoms with Crippen LogP contribution in [0.2, 0.25) is 0 Å². The van der Waals surface area contributed by atoms with Gasteiger partial charge in [-0.25, -0.2) is 13.2 Å². The minimum atomic E-state index is -3.15. The Hall–Kier alpha value is -0.860. The maximum absolute atomic E-state index is 12.5. The van der Waals surface area contributed by atoms with Crippen LogP contribution in [0.1, 0.15) is 44.9 Å². The van der Waals surface area contributed by atoms with Gasteiger partial charge in [-0.1, -0.05) is 0 Å². The predicted molar refractivity (Wildman–Crippen MR) is 91.3 cm³/mol. The van der Waals surface area contributed by atoms with Crippen molar-refractivity contribution < 1.29 is 17.9 Å². The summed E-state index contributed by atoms with van der Waals surface area (Å²) < 4.78 is 31.8. The fraction of sp³-hybridized carbons (Fsp3) is 0.938. The number of likely N-dealkylation sites (tertiary alicyclic amines) is 1. The minimum absolute atomic E-state index is 0.0672. The van der Waals surface area contributed by atoms with Gasteiger partial charge in [0.25, 0.3) is 0 Å². The third-order valence-electron chi connectivity index (χ3n) is 5.31. The van der Waals surface area contributed by atoms with Crippen LogP contribution < -0.4 is 5.32 Å². The van der Waals surface area contributed by atoms with Gasteiger partial charge in [0.15, 0.2) is 0 Å². The van der Waals surface area contributed by atoms with E-state index in [0.29, 0.717) is 19.6 Å². The summed E-state index contributed by atoms with van der Waals surface area (Å²) in [7, 11) is -1.43. The van der Waals surface area contributed by atoms with E-state index in [1.165, 1.54) is 0 Å². The second-order valence-corrected chi connectivity index (χ2v) is 9.38. The fourth-order valence-electron chi connectivity index (χ4n) is 3.64. The van der Waals surface area contributed by atoms with Crippen molar-refractivity contribution in [3.63, 3.8) is 0 Å². The van der Waals surface area contributed by atoms with E-state index in [2.05, 4.69) is 5.32 Å². The van der Waals surface area contributed by atoms with Crippen LogP contribution in [-0.2, 0) is 14.8 Å². The van der Waals surface area contributed by atoms with Crippen molar-refractivity contribution in [1.82, 2.24) is 14.5 Å². The van der Waals surface area contributed by atoms with Gasteiger partial charge in [-0.15, -0.1) is 0 Å². The zero-order chi connectivity index (χ0) is 17.2. The molecule has 8 heteroatoms. The zero-order valence-corrected chi connectivity index (χ0v) is 15.3. The van der Waals surface area contributed by atoms with E-state index in [0.717, 1.165) is 51.5 Å². The lowest BCUT2D eigenvalue weighted by Crippen LogP contribution is -2.53. The first-order valence-corrected chi connectivity index (χ1v) is 10.6. The van der Waals surface area contributed by atoms with E-state index >= 15 is 0 Å². The SMILES string of the molecule is COC1CCCN(C(=O)N[C@@H]2CCCN(S(=O)(=O)C3CC3)C2)CC1. The van der Waals surface area contributed by atoms with Crippen LogP contribution in [-0.4, -0.2) is 74.3 Å². The molecule has 3 rings (SSSR count). The molecular formula is C16H29N3O4S. The van der Waals surface area contributed by atoms with Crippen molar-refractivity contribution in [2.75, 3.05) is 33.3 Å². The number of carbonyl (C=O) groups excluding carboxylic acids is 1. The van der Waals surface area contributed by atoms with Crippen molar-refractivity contribution >= 4 is 16.1 Å². The molecule has 2 aliphatic heterocycles. The highest BCUT2D eigenvalue weighted by Crippen LogP contribution is 2.32. The molecule has 2 heterocycles. The fourth-order valence-corrected chi connectivity index (χ4v) is 5.56. The summed E-state index contributed by atoms with van der Waals surface area (Å²) in [6.45, 7) is 2.44. The van der Waals surface area contributed by atoms with Crippen LogP contribution in [0.5, 0.6) is 0 Å². The van der Waals surface area contributed by atoms with Crippen LogP contribution >= 0.6 is 0 Å². The standard InChI is InChI=1S/C16H29N3O4S/c1-23-14-5-3-9-18(11-8-14)16(20)17-13-4-2-10-19(12-13)24(21,22)15-6-7-15/h13-15H,2-12H2,1H3,(H,17,20)/t13-,14?/m1/s1. The van der Waals surface area contributed by atoms with Crippen molar-refractivity contribution in [3.8, 4) is 0 Å². The van der Waals surface area contributed by atoms with Crippen molar-refractivity contribution in [2.45, 2.75) is 62.3 Å². The Morgan fingerprint density at radius 3 is 2.50 bits per heavy atom. The molecule has 0 radical (unpaired) electrons. The normalized spacial score (nSPS) is 30.0. The summed E-state index contributed by atoms with van der Waals surface area (Å²) >= 11 is 0. The van der Waals surface area contributed by atoms with Crippen molar-refractivity contribution in [2.24, 2.45) is 0 Å². The zero-order valence-electron chi connectivity index (χ0n) is 14.4. The quantitative estimate of drug-likeness (QED) is 0.817. The van der Waals surface area contributed by atoms with Gasteiger partial charge in [0.1, 0.15) is 0 Å². The van der Waals surface area contributed by atoms with Crippen LogP contribution in [0.3, 0.4) is 0 Å². The monoisotopic (exact) mass is 359 g/mol. The smallest absolute Gasteiger partial charge is 0.317 e. The lowest BCUT2D eigenvalue weighted by Gasteiger charge is -2.33. The molecule has 1 unspecified atom stereocenters. The van der Waals surface area contributed by atoms with Gasteiger partial charge in [-0.2, -0.15) is 4.31 Å². The van der Waals surface area contributed by atoms with Gasteiger partial charge in [0.05, 0.1) is 11.4 Å². The van der Waals surface area contributed by atoms with Crippen molar-refractivity contribution in [3.05, 3.63) is 0 Å². The summed E-state index contributed by atoms with van der Waals surface area (Å²) in [5.41, 5.74) is 0. The Morgan fingerprint density at radius 2 is 1.79 bits per heavy atom. The number of nitrogens with zero attached hydrogens (tertiary/aromatic N) is 2. The number of methoxy groups -OCH3 is 1. The number of amides is 2. The molecule has 1 saturated carbocycles. The molecule has 3 fully saturated rings. The van der Waals surface area contributed by atoms with Crippen LogP contribution in [0, 0.1) is 0 Å². The molecule has 0 spiro atoms. The second kappa shape index (κ2) is 7.58. The molecule has 1 aliphatic carbocycles. The highest BCUT2D eigenvalue weighted by atomic mass is 32.2.